The molecule has 1 aliphatic carbocycles. The molecule has 0 aromatic carbocycles. The summed E-state index contributed by atoms with van der Waals surface area (Å²) in [5.74, 6) is 0.563. The Labute approximate surface area is 150 Å². The lowest BCUT2D eigenvalue weighted by molar-refractivity contribution is 0.427. The second-order valence-electron chi connectivity index (χ2n) is 7.06. The molecule has 132 valence electrons. The van der Waals surface area contributed by atoms with Crippen LogP contribution in [0.3, 0.4) is 0 Å². The molecular weight excluding hydrogens is 328 g/mol. The van der Waals surface area contributed by atoms with Gasteiger partial charge in [0.15, 0.2) is 11.3 Å². The van der Waals surface area contributed by atoms with Crippen LogP contribution in [0.15, 0.2) is 24.8 Å². The van der Waals surface area contributed by atoms with Gasteiger partial charge in [0.2, 0.25) is 5.95 Å². The van der Waals surface area contributed by atoms with Crippen molar-refractivity contribution in [1.82, 2.24) is 34.3 Å². The van der Waals surface area contributed by atoms with Crippen molar-refractivity contribution in [2.45, 2.75) is 45.6 Å². The highest BCUT2D eigenvalue weighted by molar-refractivity contribution is 5.79. The minimum absolute atomic E-state index is 0.133. The predicted octanol–water partition coefficient (Wildman–Crippen LogP) is 3.13. The minimum atomic E-state index is 0.133. The van der Waals surface area contributed by atoms with E-state index in [9.17, 15) is 0 Å². The van der Waals surface area contributed by atoms with Crippen molar-refractivity contribution in [3.8, 4) is 0 Å². The lowest BCUT2D eigenvalue weighted by Gasteiger charge is -2.14. The summed E-state index contributed by atoms with van der Waals surface area (Å²) in [6, 6.07) is 1.98. The number of aromatic nitrogens is 7. The first-order valence-corrected chi connectivity index (χ1v) is 8.89. The van der Waals surface area contributed by atoms with E-state index < -0.39 is 0 Å². The quantitative estimate of drug-likeness (QED) is 0.610. The van der Waals surface area contributed by atoms with Crippen molar-refractivity contribution in [3.63, 3.8) is 0 Å². The number of hydrogen-bond donors (Lipinski definition) is 1. The van der Waals surface area contributed by atoms with E-state index in [2.05, 4.69) is 32.0 Å². The molecule has 1 N–H and O–H groups in total. The number of aryl methyl sites for hydroxylation is 2. The maximum atomic E-state index is 4.79. The Morgan fingerprint density at radius 3 is 2.85 bits per heavy atom. The molecule has 4 aromatic rings. The highest BCUT2D eigenvalue weighted by Gasteiger charge is 2.45. The fourth-order valence-electron chi connectivity index (χ4n) is 3.50. The molecule has 8 heteroatoms. The van der Waals surface area contributed by atoms with E-state index in [1.54, 1.807) is 10.8 Å². The predicted molar refractivity (Wildman–Crippen MR) is 98.6 cm³/mol. The fraction of sp³-hybridized carbons (Fsp3) is 0.389. The molecule has 0 amide bonds. The molecule has 4 heterocycles. The van der Waals surface area contributed by atoms with Crippen LogP contribution in [-0.4, -0.2) is 34.3 Å². The lowest BCUT2D eigenvalue weighted by Crippen LogP contribution is -2.18. The summed E-state index contributed by atoms with van der Waals surface area (Å²) in [7, 11) is 0. The van der Waals surface area contributed by atoms with Crippen molar-refractivity contribution in [2.24, 2.45) is 0 Å². The van der Waals surface area contributed by atoms with Gasteiger partial charge in [0.1, 0.15) is 6.33 Å². The summed E-state index contributed by atoms with van der Waals surface area (Å²) in [6.45, 7) is 6.26. The largest absolute Gasteiger partial charge is 0.323 e. The second kappa shape index (κ2) is 5.23. The highest BCUT2D eigenvalue weighted by atomic mass is 15.4. The van der Waals surface area contributed by atoms with Gasteiger partial charge in [0.25, 0.3) is 0 Å². The Morgan fingerprint density at radius 2 is 2.08 bits per heavy atom. The van der Waals surface area contributed by atoms with Crippen molar-refractivity contribution in [1.29, 1.82) is 0 Å². The first-order chi connectivity index (χ1) is 12.6. The van der Waals surface area contributed by atoms with Crippen LogP contribution in [0.1, 0.15) is 37.4 Å². The van der Waals surface area contributed by atoms with E-state index in [0.29, 0.717) is 5.95 Å². The highest BCUT2D eigenvalue weighted by Crippen LogP contribution is 2.47. The Balaban J connectivity index is 1.58. The van der Waals surface area contributed by atoms with Crippen LogP contribution in [0.4, 0.5) is 11.6 Å². The van der Waals surface area contributed by atoms with E-state index >= 15 is 0 Å². The number of nitrogens with one attached hydrogen (secondary N) is 1. The van der Waals surface area contributed by atoms with Crippen LogP contribution >= 0.6 is 0 Å². The molecule has 26 heavy (non-hydrogen) atoms. The molecule has 1 aliphatic rings. The molecule has 0 aliphatic heterocycles. The van der Waals surface area contributed by atoms with Crippen molar-refractivity contribution >= 4 is 28.3 Å². The van der Waals surface area contributed by atoms with Crippen molar-refractivity contribution < 1.29 is 0 Å². The van der Waals surface area contributed by atoms with Crippen LogP contribution in [0.25, 0.3) is 16.7 Å². The minimum Gasteiger partial charge on any atom is -0.323 e. The van der Waals surface area contributed by atoms with Gasteiger partial charge in [0.05, 0.1) is 28.5 Å². The van der Waals surface area contributed by atoms with Crippen molar-refractivity contribution in [2.75, 3.05) is 5.32 Å². The third-order valence-corrected chi connectivity index (χ3v) is 5.41. The summed E-state index contributed by atoms with van der Waals surface area (Å²) in [4.78, 5) is 13.5. The third kappa shape index (κ3) is 2.18. The van der Waals surface area contributed by atoms with Gasteiger partial charge in [-0.3, -0.25) is 0 Å². The molecule has 0 saturated heterocycles. The summed E-state index contributed by atoms with van der Waals surface area (Å²) in [5.41, 5.74) is 4.79. The monoisotopic (exact) mass is 348 g/mol. The van der Waals surface area contributed by atoms with Crippen LogP contribution in [0.5, 0.6) is 0 Å². The summed E-state index contributed by atoms with van der Waals surface area (Å²) in [6.07, 6.45) is 8.70. The van der Waals surface area contributed by atoms with Crippen LogP contribution in [0, 0.1) is 13.8 Å². The standard InChI is InChI=1S/C18H20N8/c1-4-18(5-6-18)26-16-13(12(3)24-26)8-19-17(23-16)22-14-9-25-15(7-11(14)2)20-10-21-25/h7-10H,4-6H2,1-3H3,(H,19,22,23). The zero-order valence-electron chi connectivity index (χ0n) is 15.1. The molecule has 0 spiro atoms. The molecule has 0 bridgehead atoms. The average Bonchev–Trinajstić information content (AvgIpc) is 3.19. The molecule has 1 fully saturated rings. The number of hydrogen-bond acceptors (Lipinski definition) is 6. The Bertz CT molecular complexity index is 1130. The second-order valence-corrected chi connectivity index (χ2v) is 7.06. The first kappa shape index (κ1) is 15.2. The van der Waals surface area contributed by atoms with Crippen LogP contribution < -0.4 is 5.32 Å². The summed E-state index contributed by atoms with van der Waals surface area (Å²) >= 11 is 0. The number of pyridine rings is 1. The molecule has 0 unspecified atom stereocenters. The Morgan fingerprint density at radius 1 is 1.23 bits per heavy atom. The summed E-state index contributed by atoms with van der Waals surface area (Å²) < 4.78 is 3.84. The summed E-state index contributed by atoms with van der Waals surface area (Å²) in [5, 5.41) is 13.3. The lowest BCUT2D eigenvalue weighted by atomic mass is 10.2. The van der Waals surface area contributed by atoms with E-state index in [-0.39, 0.29) is 5.54 Å². The average molecular weight is 348 g/mol. The molecule has 1 saturated carbocycles. The zero-order chi connectivity index (χ0) is 17.9. The van der Waals surface area contributed by atoms with Gasteiger partial charge in [-0.2, -0.15) is 15.2 Å². The first-order valence-electron chi connectivity index (χ1n) is 8.89. The fourth-order valence-corrected chi connectivity index (χ4v) is 3.50. The Hall–Kier alpha value is -3.03. The van der Waals surface area contributed by atoms with E-state index in [1.807, 2.05) is 32.3 Å². The molecular formula is C18H20N8. The topological polar surface area (TPSA) is 85.8 Å². The van der Waals surface area contributed by atoms with Gasteiger partial charge >= 0.3 is 0 Å². The van der Waals surface area contributed by atoms with E-state index in [0.717, 1.165) is 52.9 Å². The molecule has 4 aromatic heterocycles. The SMILES string of the molecule is CCC1(n2nc(C)c3cnc(Nc4cn5ncnc5cc4C)nc32)CC1. The number of fused-ring (bicyclic) bond motifs is 2. The number of rotatable bonds is 4. The van der Waals surface area contributed by atoms with E-state index in [4.69, 9.17) is 10.1 Å². The maximum absolute atomic E-state index is 4.79. The maximum Gasteiger partial charge on any atom is 0.229 e. The van der Waals surface area contributed by atoms with Gasteiger partial charge in [0, 0.05) is 6.20 Å². The molecule has 0 atom stereocenters. The number of anilines is 2. The normalized spacial score (nSPS) is 15.7. The molecule has 0 radical (unpaired) electrons. The van der Waals surface area contributed by atoms with Gasteiger partial charge in [-0.15, -0.1) is 0 Å². The third-order valence-electron chi connectivity index (χ3n) is 5.41. The van der Waals surface area contributed by atoms with Crippen LogP contribution in [-0.2, 0) is 5.54 Å². The number of nitrogens with zero attached hydrogens (tertiary/aromatic N) is 7. The van der Waals surface area contributed by atoms with Gasteiger partial charge < -0.3 is 5.32 Å². The smallest absolute Gasteiger partial charge is 0.229 e. The van der Waals surface area contributed by atoms with Gasteiger partial charge in [-0.05, 0) is 44.7 Å². The molecule has 5 rings (SSSR count). The van der Waals surface area contributed by atoms with Gasteiger partial charge in [-0.1, -0.05) is 6.92 Å². The Kier molecular flexibility index (Phi) is 3.07. The van der Waals surface area contributed by atoms with Crippen LogP contribution in [0.2, 0.25) is 0 Å². The zero-order valence-corrected chi connectivity index (χ0v) is 15.1. The van der Waals surface area contributed by atoms with Gasteiger partial charge in [-0.25, -0.2) is 19.2 Å². The van der Waals surface area contributed by atoms with Crippen molar-refractivity contribution in [3.05, 3.63) is 36.0 Å². The van der Waals surface area contributed by atoms with E-state index in [1.165, 1.54) is 0 Å². The molecule has 8 nitrogen and oxygen atoms in total.